The van der Waals surface area contributed by atoms with Crippen molar-refractivity contribution in [2.75, 3.05) is 0 Å². The predicted molar refractivity (Wildman–Crippen MR) is 80.9 cm³/mol. The summed E-state index contributed by atoms with van der Waals surface area (Å²) in [4.78, 5) is 15.5. The van der Waals surface area contributed by atoms with Gasteiger partial charge in [-0.3, -0.25) is 9.69 Å². The molecule has 2 unspecified atom stereocenters. The summed E-state index contributed by atoms with van der Waals surface area (Å²) in [6.45, 7) is 0.941. The number of carboxylic acid groups (broad SMARTS) is 1. The Labute approximate surface area is 124 Å². The van der Waals surface area contributed by atoms with Gasteiger partial charge in [-0.2, -0.15) is 0 Å². The van der Waals surface area contributed by atoms with Crippen LogP contribution in [0.25, 0.3) is 0 Å². The third kappa shape index (κ3) is 3.23. The molecule has 0 amide bonds. The van der Waals surface area contributed by atoms with Crippen molar-refractivity contribution >= 4 is 17.3 Å². The second kappa shape index (κ2) is 6.27. The van der Waals surface area contributed by atoms with E-state index in [0.29, 0.717) is 6.04 Å². The SMILES string of the molecule is O=C(O)C1CCCCCC1N(Cc1cccs1)C1CC1. The summed E-state index contributed by atoms with van der Waals surface area (Å²) in [6.07, 6.45) is 7.85. The minimum atomic E-state index is -0.589. The molecule has 2 aliphatic carbocycles. The fourth-order valence-corrected chi connectivity index (χ4v) is 4.19. The quantitative estimate of drug-likeness (QED) is 0.841. The van der Waals surface area contributed by atoms with E-state index in [-0.39, 0.29) is 12.0 Å². The fourth-order valence-electron chi connectivity index (χ4n) is 3.48. The van der Waals surface area contributed by atoms with Crippen molar-refractivity contribution in [1.82, 2.24) is 4.90 Å². The first-order chi connectivity index (χ1) is 9.75. The van der Waals surface area contributed by atoms with Gasteiger partial charge in [0, 0.05) is 23.5 Å². The van der Waals surface area contributed by atoms with Crippen LogP contribution in [-0.2, 0) is 11.3 Å². The van der Waals surface area contributed by atoms with Gasteiger partial charge in [-0.05, 0) is 37.1 Å². The van der Waals surface area contributed by atoms with E-state index in [4.69, 9.17) is 0 Å². The smallest absolute Gasteiger partial charge is 0.308 e. The topological polar surface area (TPSA) is 40.5 Å². The molecule has 1 aromatic heterocycles. The van der Waals surface area contributed by atoms with E-state index in [1.54, 1.807) is 11.3 Å². The monoisotopic (exact) mass is 293 g/mol. The van der Waals surface area contributed by atoms with Crippen molar-refractivity contribution in [3.05, 3.63) is 22.4 Å². The number of hydrogen-bond acceptors (Lipinski definition) is 3. The Bertz CT molecular complexity index is 441. The van der Waals surface area contributed by atoms with Crippen molar-refractivity contribution in [2.24, 2.45) is 5.92 Å². The summed E-state index contributed by atoms with van der Waals surface area (Å²) in [5.74, 6) is -0.758. The number of carboxylic acids is 1. The van der Waals surface area contributed by atoms with E-state index in [1.165, 1.54) is 30.6 Å². The van der Waals surface area contributed by atoms with Gasteiger partial charge in [0.25, 0.3) is 0 Å². The zero-order chi connectivity index (χ0) is 13.9. The van der Waals surface area contributed by atoms with Crippen LogP contribution in [0.3, 0.4) is 0 Å². The lowest BCUT2D eigenvalue weighted by molar-refractivity contribution is -0.144. The van der Waals surface area contributed by atoms with E-state index in [2.05, 4.69) is 22.4 Å². The van der Waals surface area contributed by atoms with Crippen LogP contribution in [-0.4, -0.2) is 28.1 Å². The standard InChI is InChI=1S/C16H23NO2S/c18-16(19)14-6-2-1-3-7-15(14)17(12-8-9-12)11-13-5-4-10-20-13/h4-5,10,12,14-15H,1-3,6-9,11H2,(H,18,19). The molecule has 0 spiro atoms. The van der Waals surface area contributed by atoms with Gasteiger partial charge >= 0.3 is 5.97 Å². The van der Waals surface area contributed by atoms with E-state index in [0.717, 1.165) is 25.8 Å². The van der Waals surface area contributed by atoms with Gasteiger partial charge in [0.05, 0.1) is 5.92 Å². The summed E-state index contributed by atoms with van der Waals surface area (Å²) in [5, 5.41) is 11.7. The number of carbonyl (C=O) groups is 1. The number of thiophene rings is 1. The molecule has 1 heterocycles. The Hall–Kier alpha value is -0.870. The highest BCUT2D eigenvalue weighted by Crippen LogP contribution is 2.37. The van der Waals surface area contributed by atoms with Gasteiger partial charge in [-0.1, -0.05) is 25.3 Å². The summed E-state index contributed by atoms with van der Waals surface area (Å²) in [5.41, 5.74) is 0. The number of nitrogens with zero attached hydrogens (tertiary/aromatic N) is 1. The average Bonchev–Trinajstić information content (AvgIpc) is 3.19. The van der Waals surface area contributed by atoms with Crippen LogP contribution in [0.15, 0.2) is 17.5 Å². The second-order valence-corrected chi connectivity index (χ2v) is 7.17. The van der Waals surface area contributed by atoms with Crippen molar-refractivity contribution < 1.29 is 9.90 Å². The van der Waals surface area contributed by atoms with Crippen LogP contribution < -0.4 is 0 Å². The van der Waals surface area contributed by atoms with Crippen LogP contribution in [0.5, 0.6) is 0 Å². The van der Waals surface area contributed by atoms with Crippen LogP contribution in [0.4, 0.5) is 0 Å². The van der Waals surface area contributed by atoms with E-state index in [9.17, 15) is 9.90 Å². The predicted octanol–water partition coefficient (Wildman–Crippen LogP) is 3.75. The molecule has 3 nitrogen and oxygen atoms in total. The van der Waals surface area contributed by atoms with E-state index >= 15 is 0 Å². The van der Waals surface area contributed by atoms with Gasteiger partial charge in [-0.15, -0.1) is 11.3 Å². The first kappa shape index (κ1) is 14.1. The van der Waals surface area contributed by atoms with Gasteiger partial charge in [0.2, 0.25) is 0 Å². The normalized spacial score (nSPS) is 27.4. The molecule has 20 heavy (non-hydrogen) atoms. The lowest BCUT2D eigenvalue weighted by atomic mass is 9.93. The number of hydrogen-bond donors (Lipinski definition) is 1. The van der Waals surface area contributed by atoms with Crippen molar-refractivity contribution in [2.45, 2.75) is 63.6 Å². The van der Waals surface area contributed by atoms with E-state index < -0.39 is 5.97 Å². The lowest BCUT2D eigenvalue weighted by Gasteiger charge is -2.34. The molecule has 2 atom stereocenters. The maximum absolute atomic E-state index is 11.6. The number of rotatable bonds is 5. The molecular formula is C16H23NO2S. The summed E-state index contributed by atoms with van der Waals surface area (Å²) in [6, 6.07) is 5.13. The van der Waals surface area contributed by atoms with Gasteiger partial charge in [0.15, 0.2) is 0 Å². The summed E-state index contributed by atoms with van der Waals surface area (Å²) in [7, 11) is 0. The van der Waals surface area contributed by atoms with Crippen molar-refractivity contribution in [1.29, 1.82) is 0 Å². The molecular weight excluding hydrogens is 270 g/mol. The molecule has 0 aromatic carbocycles. The zero-order valence-electron chi connectivity index (χ0n) is 11.8. The largest absolute Gasteiger partial charge is 0.481 e. The lowest BCUT2D eigenvalue weighted by Crippen LogP contribution is -2.44. The minimum Gasteiger partial charge on any atom is -0.481 e. The van der Waals surface area contributed by atoms with Crippen molar-refractivity contribution in [3.63, 3.8) is 0 Å². The Kier molecular flexibility index (Phi) is 4.41. The van der Waals surface area contributed by atoms with Crippen LogP contribution in [0, 0.1) is 5.92 Å². The Morgan fingerprint density at radius 2 is 2.05 bits per heavy atom. The number of aliphatic carboxylic acids is 1. The molecule has 0 bridgehead atoms. The third-order valence-corrected chi connectivity index (χ3v) is 5.52. The third-order valence-electron chi connectivity index (χ3n) is 4.66. The maximum atomic E-state index is 11.6. The first-order valence-corrected chi connectivity index (χ1v) is 8.64. The molecule has 0 saturated heterocycles. The molecule has 2 saturated carbocycles. The first-order valence-electron chi connectivity index (χ1n) is 7.76. The fraction of sp³-hybridized carbons (Fsp3) is 0.688. The molecule has 1 aromatic rings. The second-order valence-electron chi connectivity index (χ2n) is 6.13. The maximum Gasteiger partial charge on any atom is 0.308 e. The van der Waals surface area contributed by atoms with Crippen LogP contribution >= 0.6 is 11.3 Å². The molecule has 3 rings (SSSR count). The molecule has 0 radical (unpaired) electrons. The average molecular weight is 293 g/mol. The van der Waals surface area contributed by atoms with Crippen molar-refractivity contribution in [3.8, 4) is 0 Å². The summed E-state index contributed by atoms with van der Waals surface area (Å²) >= 11 is 1.79. The van der Waals surface area contributed by atoms with Crippen LogP contribution in [0.1, 0.15) is 49.8 Å². The zero-order valence-corrected chi connectivity index (χ0v) is 12.6. The minimum absolute atomic E-state index is 0.168. The Balaban J connectivity index is 1.78. The molecule has 2 aliphatic rings. The van der Waals surface area contributed by atoms with E-state index in [1.807, 2.05) is 0 Å². The van der Waals surface area contributed by atoms with Gasteiger partial charge in [0.1, 0.15) is 0 Å². The molecule has 4 heteroatoms. The molecule has 110 valence electrons. The van der Waals surface area contributed by atoms with Gasteiger partial charge in [-0.25, -0.2) is 0 Å². The molecule has 2 fully saturated rings. The van der Waals surface area contributed by atoms with Gasteiger partial charge < -0.3 is 5.11 Å². The molecule has 0 aliphatic heterocycles. The highest BCUT2D eigenvalue weighted by molar-refractivity contribution is 7.09. The summed E-state index contributed by atoms with van der Waals surface area (Å²) < 4.78 is 0. The highest BCUT2D eigenvalue weighted by Gasteiger charge is 2.40. The Morgan fingerprint density at radius 1 is 1.25 bits per heavy atom. The Morgan fingerprint density at radius 3 is 2.70 bits per heavy atom. The highest BCUT2D eigenvalue weighted by atomic mass is 32.1. The molecule has 1 N–H and O–H groups in total. The van der Waals surface area contributed by atoms with Crippen LogP contribution in [0.2, 0.25) is 0 Å².